The molecule has 0 saturated carbocycles. The van der Waals surface area contributed by atoms with Crippen LogP contribution in [0, 0.1) is 5.82 Å². The number of amides is 3. The quantitative estimate of drug-likeness (QED) is 0.292. The summed E-state index contributed by atoms with van der Waals surface area (Å²) in [6, 6.07) is 11.7. The molecule has 3 amide bonds. The minimum atomic E-state index is -0.924. The molecule has 0 radical (unpaired) electrons. The summed E-state index contributed by atoms with van der Waals surface area (Å²) in [5.74, 6) is -3.28. The zero-order valence-corrected chi connectivity index (χ0v) is 19.9. The fourth-order valence-electron chi connectivity index (χ4n) is 3.89. The highest BCUT2D eigenvalue weighted by atomic mass is 19.1. The lowest BCUT2D eigenvalue weighted by Gasteiger charge is -2.10. The van der Waals surface area contributed by atoms with Gasteiger partial charge in [-0.25, -0.2) is 18.7 Å². The first-order valence-corrected chi connectivity index (χ1v) is 11.3. The van der Waals surface area contributed by atoms with Crippen LogP contribution in [0.1, 0.15) is 42.5 Å². The molecule has 0 aliphatic heterocycles. The van der Waals surface area contributed by atoms with Gasteiger partial charge in [0.15, 0.2) is 11.2 Å². The molecule has 0 spiro atoms. The van der Waals surface area contributed by atoms with Crippen LogP contribution in [-0.2, 0) is 20.1 Å². The predicted octanol–water partition coefficient (Wildman–Crippen LogP) is 1.27. The molecule has 0 unspecified atom stereocenters. The zero-order valence-electron chi connectivity index (χ0n) is 19.9. The molecule has 38 heavy (non-hydrogen) atoms. The number of oxazole rings is 1. The van der Waals surface area contributed by atoms with Crippen LogP contribution in [0.15, 0.2) is 63.9 Å². The summed E-state index contributed by atoms with van der Waals surface area (Å²) in [6.07, 6.45) is 1.43. The summed E-state index contributed by atoms with van der Waals surface area (Å²) in [5.41, 5.74) is 7.38. The summed E-state index contributed by atoms with van der Waals surface area (Å²) >= 11 is 0. The third-order valence-electron chi connectivity index (χ3n) is 5.88. The molecule has 2 aromatic carbocycles. The van der Waals surface area contributed by atoms with Gasteiger partial charge in [0.1, 0.15) is 17.2 Å². The Kier molecular flexibility index (Phi) is 6.16. The number of primary amides is 1. The molecule has 0 saturated heterocycles. The van der Waals surface area contributed by atoms with Crippen LogP contribution in [0.25, 0.3) is 16.7 Å². The minimum Gasteiger partial charge on any atom is -0.408 e. The fourth-order valence-corrected chi connectivity index (χ4v) is 3.89. The smallest absolute Gasteiger partial charge is 0.408 e. The predicted molar refractivity (Wildman–Crippen MR) is 132 cm³/mol. The maximum absolute atomic E-state index is 13.7. The van der Waals surface area contributed by atoms with Gasteiger partial charge in [0.05, 0.1) is 17.3 Å². The van der Waals surface area contributed by atoms with Crippen molar-refractivity contribution in [3.8, 4) is 0 Å². The van der Waals surface area contributed by atoms with Crippen LogP contribution in [0.4, 0.5) is 4.39 Å². The minimum absolute atomic E-state index is 0.0160. The number of benzene rings is 2. The van der Waals surface area contributed by atoms with Gasteiger partial charge in [-0.15, -0.1) is 0 Å². The van der Waals surface area contributed by atoms with Crippen molar-refractivity contribution < 1.29 is 23.2 Å². The summed E-state index contributed by atoms with van der Waals surface area (Å²) in [4.78, 5) is 53.3. The molecule has 0 aliphatic carbocycles. The lowest BCUT2D eigenvalue weighted by Crippen LogP contribution is -2.28. The second-order valence-corrected chi connectivity index (χ2v) is 8.40. The number of nitrogens with two attached hydrogens (primary N) is 1. The van der Waals surface area contributed by atoms with E-state index in [9.17, 15) is 23.6 Å². The molecule has 5 rings (SSSR count). The third-order valence-corrected chi connectivity index (χ3v) is 5.88. The van der Waals surface area contributed by atoms with Gasteiger partial charge in [-0.1, -0.05) is 12.1 Å². The Morgan fingerprint density at radius 1 is 1.00 bits per heavy atom. The van der Waals surface area contributed by atoms with Crippen molar-refractivity contribution in [2.75, 3.05) is 0 Å². The first-order valence-electron chi connectivity index (χ1n) is 11.3. The highest BCUT2D eigenvalue weighted by molar-refractivity contribution is 5.98. The van der Waals surface area contributed by atoms with E-state index in [-0.39, 0.29) is 35.7 Å². The van der Waals surface area contributed by atoms with Crippen molar-refractivity contribution in [1.29, 1.82) is 0 Å². The van der Waals surface area contributed by atoms with Gasteiger partial charge in [-0.2, -0.15) is 5.10 Å². The molecule has 5 aromatic rings. The van der Waals surface area contributed by atoms with Crippen molar-refractivity contribution in [3.63, 3.8) is 0 Å². The molecule has 3 aromatic heterocycles. The number of aromatic nitrogens is 4. The van der Waals surface area contributed by atoms with E-state index in [0.29, 0.717) is 16.7 Å². The highest BCUT2D eigenvalue weighted by Gasteiger charge is 2.18. The van der Waals surface area contributed by atoms with Crippen LogP contribution in [-0.4, -0.2) is 36.9 Å². The van der Waals surface area contributed by atoms with Crippen LogP contribution in [0.3, 0.4) is 0 Å². The lowest BCUT2D eigenvalue weighted by atomic mass is 10.1. The molecule has 0 aliphatic rings. The number of nitrogens with zero attached hydrogens (tertiary/aromatic N) is 4. The highest BCUT2D eigenvalue weighted by Crippen LogP contribution is 2.15. The molecule has 192 valence electrons. The molecule has 0 fully saturated rings. The molecule has 12 nitrogen and oxygen atoms in total. The first kappa shape index (κ1) is 24.4. The van der Waals surface area contributed by atoms with Crippen molar-refractivity contribution in [1.82, 2.24) is 29.8 Å². The van der Waals surface area contributed by atoms with Crippen molar-refractivity contribution >= 4 is 34.5 Å². The fraction of sp³-hybridized carbons (Fsp3) is 0.120. The van der Waals surface area contributed by atoms with E-state index in [2.05, 4.69) is 20.7 Å². The van der Waals surface area contributed by atoms with E-state index in [1.54, 1.807) is 31.3 Å². The summed E-state index contributed by atoms with van der Waals surface area (Å²) in [7, 11) is 1.58. The maximum Gasteiger partial charge on any atom is 0.419 e. The van der Waals surface area contributed by atoms with Crippen molar-refractivity contribution in [2.45, 2.75) is 13.1 Å². The molecular formula is C25H20FN7O5. The second kappa shape index (κ2) is 9.61. The van der Waals surface area contributed by atoms with Gasteiger partial charge in [0, 0.05) is 32.3 Å². The Morgan fingerprint density at radius 2 is 1.71 bits per heavy atom. The second-order valence-electron chi connectivity index (χ2n) is 8.40. The Labute approximate surface area is 212 Å². The summed E-state index contributed by atoms with van der Waals surface area (Å²) in [6.45, 7) is 0.0968. The number of nitrogens with one attached hydrogen (secondary N) is 2. The molecule has 0 bridgehead atoms. The number of fused-ring (bicyclic) bond motifs is 2. The number of hydrogen-bond acceptors (Lipinski definition) is 7. The molecule has 13 heteroatoms. The molecule has 3 heterocycles. The zero-order chi connectivity index (χ0) is 27.0. The van der Waals surface area contributed by atoms with Gasteiger partial charge in [-0.05, 0) is 35.4 Å². The summed E-state index contributed by atoms with van der Waals surface area (Å²) < 4.78 is 21.5. The standard InChI is InChI=1S/C25H20FN7O5/c1-32-18-9-14(3-5-20(18)38-25(32)37)12-28-23(35)17-10-19(33-21(31-17)6-7-30-33)24(36)29-11-13-2-4-16(26)15(8-13)22(27)34/h2-10H,11-12H2,1H3,(H2,27,34)(H,28,35)(H,29,36). The normalized spacial score (nSPS) is 11.1. The monoisotopic (exact) mass is 517 g/mol. The average molecular weight is 517 g/mol. The third kappa shape index (κ3) is 4.59. The Morgan fingerprint density at radius 3 is 2.47 bits per heavy atom. The Bertz CT molecular complexity index is 1800. The lowest BCUT2D eigenvalue weighted by molar-refractivity contribution is 0.0941. The van der Waals surface area contributed by atoms with E-state index in [1.807, 2.05) is 0 Å². The van der Waals surface area contributed by atoms with Gasteiger partial charge in [0.25, 0.3) is 17.7 Å². The molecular weight excluding hydrogens is 497 g/mol. The first-order chi connectivity index (χ1) is 18.2. The van der Waals surface area contributed by atoms with E-state index in [0.717, 1.165) is 11.6 Å². The van der Waals surface area contributed by atoms with E-state index >= 15 is 0 Å². The van der Waals surface area contributed by atoms with E-state index < -0.39 is 29.3 Å². The molecule has 0 atom stereocenters. The van der Waals surface area contributed by atoms with Crippen LogP contribution in [0.2, 0.25) is 0 Å². The Hall–Kier alpha value is -5.33. The SMILES string of the molecule is Cn1c(=O)oc2ccc(CNC(=O)c3cc(C(=O)NCc4ccc(F)c(C(N)=O)c4)n4nccc4n3)cc21. The topological polar surface area (TPSA) is 167 Å². The number of aryl methyl sites for hydroxylation is 1. The number of carbonyl (C=O) groups excluding carboxylic acids is 3. The number of carbonyl (C=O) groups is 3. The van der Waals surface area contributed by atoms with Gasteiger partial charge < -0.3 is 20.8 Å². The van der Waals surface area contributed by atoms with Crippen LogP contribution >= 0.6 is 0 Å². The van der Waals surface area contributed by atoms with Gasteiger partial charge in [-0.3, -0.25) is 19.0 Å². The van der Waals surface area contributed by atoms with Gasteiger partial charge >= 0.3 is 5.76 Å². The van der Waals surface area contributed by atoms with Crippen LogP contribution < -0.4 is 22.1 Å². The Balaban J connectivity index is 1.34. The van der Waals surface area contributed by atoms with E-state index in [4.69, 9.17) is 10.2 Å². The largest absolute Gasteiger partial charge is 0.419 e. The van der Waals surface area contributed by atoms with E-state index in [1.165, 1.54) is 33.5 Å². The average Bonchev–Trinajstić information content (AvgIpc) is 3.49. The number of halogens is 1. The summed E-state index contributed by atoms with van der Waals surface area (Å²) in [5, 5.41) is 9.50. The molecule has 4 N–H and O–H groups in total. The maximum atomic E-state index is 13.7. The van der Waals surface area contributed by atoms with Gasteiger partial charge in [0.2, 0.25) is 0 Å². The number of rotatable bonds is 7. The van der Waals surface area contributed by atoms with Crippen molar-refractivity contribution in [2.24, 2.45) is 12.8 Å². The number of hydrogen-bond donors (Lipinski definition) is 3. The van der Waals surface area contributed by atoms with Crippen molar-refractivity contribution in [3.05, 3.63) is 99.2 Å². The van der Waals surface area contributed by atoms with Crippen LogP contribution in [0.5, 0.6) is 0 Å².